The van der Waals surface area contributed by atoms with Gasteiger partial charge in [0, 0.05) is 0 Å². The van der Waals surface area contributed by atoms with E-state index < -0.39 is 0 Å². The summed E-state index contributed by atoms with van der Waals surface area (Å²) < 4.78 is 3.26. The predicted octanol–water partition coefficient (Wildman–Crippen LogP) is 1.24. The van der Waals surface area contributed by atoms with Crippen LogP contribution in [0, 0.1) is 0 Å². The summed E-state index contributed by atoms with van der Waals surface area (Å²) in [4.78, 5) is 12.9. The number of rotatable bonds is 5. The Labute approximate surface area is 80.2 Å². The van der Waals surface area contributed by atoms with E-state index in [4.69, 9.17) is 0 Å². The number of carbonyl (C=O) groups is 1. The Kier molecular flexibility index (Phi) is 3.99. The van der Waals surface area contributed by atoms with Gasteiger partial charge in [-0.1, -0.05) is 0 Å². The molecule has 2 nitrogen and oxygen atoms in total. The van der Waals surface area contributed by atoms with E-state index in [-0.39, 0.29) is 5.54 Å². The standard InChI is InChI=1S/C9H15NOSe/c1-2-3-4-5-9(8-11)6-7-12-10-9/h6-8,10H,2-5H2,1H3. The molecule has 1 unspecified atom stereocenters. The number of hydrogen-bond acceptors (Lipinski definition) is 2. The fourth-order valence-corrected chi connectivity index (χ4v) is 2.97. The van der Waals surface area contributed by atoms with Crippen molar-refractivity contribution in [1.29, 1.82) is 0 Å². The summed E-state index contributed by atoms with van der Waals surface area (Å²) in [5.74, 6) is 0. The summed E-state index contributed by atoms with van der Waals surface area (Å²) in [6.45, 7) is 2.18. The molecule has 1 heterocycles. The summed E-state index contributed by atoms with van der Waals surface area (Å²) >= 11 is 0.340. The molecule has 0 aromatic heterocycles. The molecule has 3 heteroatoms. The van der Waals surface area contributed by atoms with Crippen molar-refractivity contribution >= 4 is 21.5 Å². The van der Waals surface area contributed by atoms with Gasteiger partial charge in [-0.2, -0.15) is 0 Å². The average Bonchev–Trinajstić information content (AvgIpc) is 2.55. The van der Waals surface area contributed by atoms with Crippen molar-refractivity contribution in [2.24, 2.45) is 0 Å². The number of hydrogen-bond donors (Lipinski definition) is 1. The van der Waals surface area contributed by atoms with Crippen LogP contribution in [0.1, 0.15) is 32.6 Å². The van der Waals surface area contributed by atoms with Crippen LogP contribution < -0.4 is 4.33 Å². The van der Waals surface area contributed by atoms with Gasteiger partial charge in [-0.15, -0.1) is 0 Å². The number of aldehydes is 1. The predicted molar refractivity (Wildman–Crippen MR) is 51.0 cm³/mol. The molecule has 0 spiro atoms. The topological polar surface area (TPSA) is 29.1 Å². The molecule has 0 saturated carbocycles. The van der Waals surface area contributed by atoms with Crippen LogP contribution in [0.3, 0.4) is 0 Å². The van der Waals surface area contributed by atoms with Gasteiger partial charge in [0.2, 0.25) is 0 Å². The minimum absolute atomic E-state index is 0.296. The van der Waals surface area contributed by atoms with Crippen molar-refractivity contribution in [1.82, 2.24) is 4.33 Å². The second-order valence-corrected chi connectivity index (χ2v) is 4.63. The van der Waals surface area contributed by atoms with Crippen LogP contribution in [0.25, 0.3) is 0 Å². The van der Waals surface area contributed by atoms with E-state index in [1.165, 1.54) is 12.8 Å². The normalized spacial score (nSPS) is 27.8. The molecule has 1 aliphatic rings. The first kappa shape index (κ1) is 9.97. The SMILES string of the molecule is CCCCCC1(C=O)C=C[Se]N1. The van der Waals surface area contributed by atoms with Crippen LogP contribution >= 0.6 is 0 Å². The van der Waals surface area contributed by atoms with Crippen molar-refractivity contribution in [3.05, 3.63) is 11.1 Å². The van der Waals surface area contributed by atoms with Gasteiger partial charge in [-0.25, -0.2) is 0 Å². The molecular weight excluding hydrogens is 217 g/mol. The Morgan fingerprint density at radius 2 is 2.42 bits per heavy atom. The molecule has 0 amide bonds. The molecule has 0 radical (unpaired) electrons. The fourth-order valence-electron chi connectivity index (χ4n) is 1.26. The summed E-state index contributed by atoms with van der Waals surface area (Å²) in [5.41, 5.74) is -0.296. The van der Waals surface area contributed by atoms with Crippen molar-refractivity contribution in [2.45, 2.75) is 38.1 Å². The van der Waals surface area contributed by atoms with Crippen molar-refractivity contribution in [3.63, 3.8) is 0 Å². The quantitative estimate of drug-likeness (QED) is 0.439. The molecule has 1 atom stereocenters. The fraction of sp³-hybridized carbons (Fsp3) is 0.667. The Bertz CT molecular complexity index is 181. The first-order chi connectivity index (χ1) is 5.83. The summed E-state index contributed by atoms with van der Waals surface area (Å²) in [6.07, 6.45) is 7.61. The van der Waals surface area contributed by atoms with Crippen molar-refractivity contribution in [3.8, 4) is 0 Å². The minimum atomic E-state index is -0.296. The van der Waals surface area contributed by atoms with E-state index >= 15 is 0 Å². The van der Waals surface area contributed by atoms with Crippen LogP contribution in [-0.2, 0) is 4.79 Å². The van der Waals surface area contributed by atoms with E-state index in [2.05, 4.69) is 16.2 Å². The zero-order chi connectivity index (χ0) is 8.86. The van der Waals surface area contributed by atoms with Crippen LogP contribution in [0.4, 0.5) is 0 Å². The van der Waals surface area contributed by atoms with E-state index in [1.54, 1.807) is 0 Å². The van der Waals surface area contributed by atoms with Gasteiger partial charge in [0.25, 0.3) is 0 Å². The molecular formula is C9H15NOSe. The van der Waals surface area contributed by atoms with Crippen molar-refractivity contribution < 1.29 is 4.79 Å². The van der Waals surface area contributed by atoms with Crippen molar-refractivity contribution in [2.75, 3.05) is 0 Å². The third-order valence-electron chi connectivity index (χ3n) is 2.09. The molecule has 0 aromatic rings. The Morgan fingerprint density at radius 3 is 2.92 bits per heavy atom. The van der Waals surface area contributed by atoms with Gasteiger partial charge in [0.15, 0.2) is 0 Å². The van der Waals surface area contributed by atoms with E-state index in [9.17, 15) is 4.79 Å². The van der Waals surface area contributed by atoms with E-state index in [1.807, 2.05) is 6.08 Å². The van der Waals surface area contributed by atoms with E-state index in [0.717, 1.165) is 19.1 Å². The molecule has 0 aliphatic carbocycles. The molecule has 1 N–H and O–H groups in total. The van der Waals surface area contributed by atoms with E-state index in [0.29, 0.717) is 15.2 Å². The van der Waals surface area contributed by atoms with Crippen LogP contribution in [0.15, 0.2) is 11.1 Å². The van der Waals surface area contributed by atoms with Gasteiger partial charge in [-0.3, -0.25) is 0 Å². The zero-order valence-corrected chi connectivity index (χ0v) is 9.09. The molecule has 1 rings (SSSR count). The monoisotopic (exact) mass is 233 g/mol. The van der Waals surface area contributed by atoms with Gasteiger partial charge >= 0.3 is 79.8 Å². The summed E-state index contributed by atoms with van der Waals surface area (Å²) in [6, 6.07) is 0. The Morgan fingerprint density at radius 1 is 1.58 bits per heavy atom. The summed E-state index contributed by atoms with van der Waals surface area (Å²) in [5, 5.41) is 0. The zero-order valence-electron chi connectivity index (χ0n) is 7.38. The number of carbonyl (C=O) groups excluding carboxylic acids is 1. The second-order valence-electron chi connectivity index (χ2n) is 3.14. The third-order valence-corrected chi connectivity index (χ3v) is 3.70. The molecule has 0 saturated heterocycles. The Hall–Kier alpha value is -0.111. The molecule has 1 aliphatic heterocycles. The van der Waals surface area contributed by atoms with Gasteiger partial charge in [0.05, 0.1) is 0 Å². The molecule has 0 aromatic carbocycles. The molecule has 0 bridgehead atoms. The average molecular weight is 232 g/mol. The maximum atomic E-state index is 10.8. The van der Waals surface area contributed by atoms with Crippen LogP contribution in [0.2, 0.25) is 0 Å². The molecule has 12 heavy (non-hydrogen) atoms. The van der Waals surface area contributed by atoms with Crippen LogP contribution in [0.5, 0.6) is 0 Å². The molecule has 68 valence electrons. The summed E-state index contributed by atoms with van der Waals surface area (Å²) in [7, 11) is 0. The first-order valence-corrected chi connectivity index (χ1v) is 6.24. The van der Waals surface area contributed by atoms with Gasteiger partial charge in [0.1, 0.15) is 0 Å². The van der Waals surface area contributed by atoms with Gasteiger partial charge < -0.3 is 0 Å². The second kappa shape index (κ2) is 4.80. The molecule has 0 fully saturated rings. The Balaban J connectivity index is 2.35. The first-order valence-electron chi connectivity index (χ1n) is 4.40. The van der Waals surface area contributed by atoms with Crippen LogP contribution in [-0.4, -0.2) is 27.0 Å². The maximum absolute atomic E-state index is 10.8. The third kappa shape index (κ3) is 2.44. The number of nitrogens with one attached hydrogen (secondary N) is 1. The van der Waals surface area contributed by atoms with Gasteiger partial charge in [-0.05, 0) is 0 Å². The number of unbranched alkanes of at least 4 members (excludes halogenated alkanes) is 2.